The maximum Gasteiger partial charge on any atom is 0.251 e. The van der Waals surface area contributed by atoms with Gasteiger partial charge in [0.1, 0.15) is 0 Å². The molecule has 0 saturated carbocycles. The topological polar surface area (TPSA) is 29.1 Å². The largest absolute Gasteiger partial charge is 0.349 e. The van der Waals surface area contributed by atoms with Crippen LogP contribution in [0.1, 0.15) is 28.4 Å². The van der Waals surface area contributed by atoms with Crippen LogP contribution in [0.25, 0.3) is 0 Å². The van der Waals surface area contributed by atoms with Gasteiger partial charge in [-0.1, -0.05) is 45.7 Å². The van der Waals surface area contributed by atoms with Crippen molar-refractivity contribution in [3.05, 3.63) is 68.7 Å². The van der Waals surface area contributed by atoms with Gasteiger partial charge >= 0.3 is 0 Å². The molecule has 0 aliphatic carbocycles. The molecule has 21 heavy (non-hydrogen) atoms. The Labute approximate surface area is 138 Å². The zero-order valence-corrected chi connectivity index (χ0v) is 14.3. The van der Waals surface area contributed by atoms with Gasteiger partial charge in [-0.3, -0.25) is 4.79 Å². The number of carbonyl (C=O) groups is 1. The SMILES string of the molecule is Cc1ccc(Br)cc1C(=O)NC(C)Cc1ccc(Cl)cc1. The Hall–Kier alpha value is -1.32. The summed E-state index contributed by atoms with van der Waals surface area (Å²) < 4.78 is 0.906. The van der Waals surface area contributed by atoms with Gasteiger partial charge in [-0.05, 0) is 55.7 Å². The summed E-state index contributed by atoms with van der Waals surface area (Å²) in [4.78, 5) is 12.3. The van der Waals surface area contributed by atoms with Crippen LogP contribution in [-0.4, -0.2) is 11.9 Å². The first-order valence-electron chi connectivity index (χ1n) is 6.77. The van der Waals surface area contributed by atoms with E-state index in [0.29, 0.717) is 5.56 Å². The van der Waals surface area contributed by atoms with Crippen LogP contribution in [-0.2, 0) is 6.42 Å². The second kappa shape index (κ2) is 7.10. The van der Waals surface area contributed by atoms with Crippen molar-refractivity contribution in [3.63, 3.8) is 0 Å². The van der Waals surface area contributed by atoms with Crippen molar-refractivity contribution in [1.29, 1.82) is 0 Å². The molecule has 1 unspecified atom stereocenters. The number of halogens is 2. The van der Waals surface area contributed by atoms with Crippen LogP contribution in [0.2, 0.25) is 5.02 Å². The molecule has 0 saturated heterocycles. The minimum atomic E-state index is -0.0461. The molecule has 0 radical (unpaired) electrons. The van der Waals surface area contributed by atoms with E-state index in [1.807, 2.05) is 56.3 Å². The third kappa shape index (κ3) is 4.58. The Morgan fingerprint density at radius 3 is 2.57 bits per heavy atom. The zero-order valence-electron chi connectivity index (χ0n) is 12.0. The maximum absolute atomic E-state index is 12.3. The van der Waals surface area contributed by atoms with Crippen molar-refractivity contribution in [2.75, 3.05) is 0 Å². The van der Waals surface area contributed by atoms with E-state index in [9.17, 15) is 4.79 Å². The standard InChI is InChI=1S/C17H17BrClNO/c1-11-3-6-14(18)10-16(11)17(21)20-12(2)9-13-4-7-15(19)8-5-13/h3-8,10,12H,9H2,1-2H3,(H,20,21). The Kier molecular flexibility index (Phi) is 5.43. The molecule has 0 fully saturated rings. The number of benzene rings is 2. The van der Waals surface area contributed by atoms with Crippen LogP contribution in [0, 0.1) is 6.92 Å². The Morgan fingerprint density at radius 2 is 1.90 bits per heavy atom. The number of rotatable bonds is 4. The molecule has 0 aromatic heterocycles. The average molecular weight is 367 g/mol. The van der Waals surface area contributed by atoms with Gasteiger partial charge in [0.05, 0.1) is 0 Å². The van der Waals surface area contributed by atoms with E-state index in [4.69, 9.17) is 11.6 Å². The third-order valence-corrected chi connectivity index (χ3v) is 4.02. The van der Waals surface area contributed by atoms with Crippen LogP contribution in [0.3, 0.4) is 0 Å². The summed E-state index contributed by atoms with van der Waals surface area (Å²) in [5.74, 6) is -0.0461. The van der Waals surface area contributed by atoms with Gasteiger partial charge in [-0.25, -0.2) is 0 Å². The molecule has 0 aliphatic heterocycles. The molecule has 1 amide bonds. The first kappa shape index (κ1) is 16.1. The molecule has 2 aromatic carbocycles. The van der Waals surface area contributed by atoms with Crippen molar-refractivity contribution in [2.24, 2.45) is 0 Å². The van der Waals surface area contributed by atoms with Gasteiger partial charge in [-0.2, -0.15) is 0 Å². The lowest BCUT2D eigenvalue weighted by atomic mass is 10.1. The van der Waals surface area contributed by atoms with E-state index in [1.54, 1.807) is 0 Å². The molecule has 2 aromatic rings. The molecule has 2 rings (SSSR count). The maximum atomic E-state index is 12.3. The van der Waals surface area contributed by atoms with Crippen LogP contribution >= 0.6 is 27.5 Å². The average Bonchev–Trinajstić information content (AvgIpc) is 2.44. The first-order chi connectivity index (χ1) is 9.95. The molecular formula is C17H17BrClNO. The minimum absolute atomic E-state index is 0.0461. The predicted octanol–water partition coefficient (Wildman–Crippen LogP) is 4.77. The number of hydrogen-bond acceptors (Lipinski definition) is 1. The van der Waals surface area contributed by atoms with Gasteiger partial charge in [0.25, 0.3) is 5.91 Å². The smallest absolute Gasteiger partial charge is 0.251 e. The third-order valence-electron chi connectivity index (χ3n) is 3.28. The summed E-state index contributed by atoms with van der Waals surface area (Å²) in [5, 5.41) is 3.76. The number of carbonyl (C=O) groups excluding carboxylic acids is 1. The van der Waals surface area contributed by atoms with E-state index < -0.39 is 0 Å². The Morgan fingerprint density at radius 1 is 1.24 bits per heavy atom. The van der Waals surface area contributed by atoms with E-state index in [2.05, 4.69) is 21.2 Å². The van der Waals surface area contributed by atoms with Gasteiger partial charge in [0.15, 0.2) is 0 Å². The number of hydrogen-bond donors (Lipinski definition) is 1. The molecule has 0 bridgehead atoms. The van der Waals surface area contributed by atoms with Crippen molar-refractivity contribution in [2.45, 2.75) is 26.3 Å². The predicted molar refractivity (Wildman–Crippen MR) is 91.0 cm³/mol. The molecular weight excluding hydrogens is 350 g/mol. The fraction of sp³-hybridized carbons (Fsp3) is 0.235. The molecule has 4 heteroatoms. The second-order valence-corrected chi connectivity index (χ2v) is 6.52. The lowest BCUT2D eigenvalue weighted by molar-refractivity contribution is 0.0939. The molecule has 2 nitrogen and oxygen atoms in total. The summed E-state index contributed by atoms with van der Waals surface area (Å²) in [6.07, 6.45) is 0.774. The van der Waals surface area contributed by atoms with E-state index in [-0.39, 0.29) is 11.9 Å². The summed E-state index contributed by atoms with van der Waals surface area (Å²) in [5.41, 5.74) is 2.82. The zero-order chi connectivity index (χ0) is 15.4. The number of aryl methyl sites for hydroxylation is 1. The van der Waals surface area contributed by atoms with Crippen LogP contribution < -0.4 is 5.32 Å². The highest BCUT2D eigenvalue weighted by Crippen LogP contribution is 2.16. The summed E-state index contributed by atoms with van der Waals surface area (Å²) in [6, 6.07) is 13.5. The molecule has 1 N–H and O–H groups in total. The first-order valence-corrected chi connectivity index (χ1v) is 7.94. The summed E-state index contributed by atoms with van der Waals surface area (Å²) >= 11 is 9.27. The quantitative estimate of drug-likeness (QED) is 0.829. The fourth-order valence-electron chi connectivity index (χ4n) is 2.17. The summed E-state index contributed by atoms with van der Waals surface area (Å²) in [6.45, 7) is 3.94. The summed E-state index contributed by atoms with van der Waals surface area (Å²) in [7, 11) is 0. The van der Waals surface area contributed by atoms with E-state index >= 15 is 0 Å². The van der Waals surface area contributed by atoms with Gasteiger partial charge < -0.3 is 5.32 Å². The van der Waals surface area contributed by atoms with Gasteiger partial charge in [0.2, 0.25) is 0 Å². The number of nitrogens with one attached hydrogen (secondary N) is 1. The lowest BCUT2D eigenvalue weighted by Gasteiger charge is -2.15. The van der Waals surface area contributed by atoms with E-state index in [0.717, 1.165) is 27.0 Å². The van der Waals surface area contributed by atoms with Crippen LogP contribution in [0.15, 0.2) is 46.9 Å². The monoisotopic (exact) mass is 365 g/mol. The lowest BCUT2D eigenvalue weighted by Crippen LogP contribution is -2.34. The van der Waals surface area contributed by atoms with Crippen molar-refractivity contribution in [1.82, 2.24) is 5.32 Å². The highest BCUT2D eigenvalue weighted by atomic mass is 79.9. The number of amides is 1. The van der Waals surface area contributed by atoms with Crippen LogP contribution in [0.5, 0.6) is 0 Å². The van der Waals surface area contributed by atoms with Crippen molar-refractivity contribution in [3.8, 4) is 0 Å². The Bertz CT molecular complexity index is 640. The normalized spacial score (nSPS) is 12.0. The molecule has 1 atom stereocenters. The van der Waals surface area contributed by atoms with Crippen molar-refractivity contribution >= 4 is 33.4 Å². The van der Waals surface area contributed by atoms with Gasteiger partial charge in [0, 0.05) is 21.1 Å². The van der Waals surface area contributed by atoms with Crippen LogP contribution in [0.4, 0.5) is 0 Å². The minimum Gasteiger partial charge on any atom is -0.349 e. The molecule has 0 spiro atoms. The molecule has 0 aliphatic rings. The molecule has 0 heterocycles. The van der Waals surface area contributed by atoms with Gasteiger partial charge in [-0.15, -0.1) is 0 Å². The highest BCUT2D eigenvalue weighted by Gasteiger charge is 2.13. The Balaban J connectivity index is 2.01. The van der Waals surface area contributed by atoms with E-state index in [1.165, 1.54) is 0 Å². The molecule has 110 valence electrons. The van der Waals surface area contributed by atoms with Crippen molar-refractivity contribution < 1.29 is 4.79 Å². The highest BCUT2D eigenvalue weighted by molar-refractivity contribution is 9.10. The fourth-order valence-corrected chi connectivity index (χ4v) is 2.65. The second-order valence-electron chi connectivity index (χ2n) is 5.16.